The van der Waals surface area contributed by atoms with Gasteiger partial charge in [0.25, 0.3) is 0 Å². The van der Waals surface area contributed by atoms with Crippen LogP contribution in [0.5, 0.6) is 11.5 Å². The number of amides is 2. The van der Waals surface area contributed by atoms with E-state index in [4.69, 9.17) is 4.74 Å². The molecule has 0 aliphatic heterocycles. The number of carbonyl (C=O) groups excluding carboxylic acids is 2. The SMILES string of the molecule is Cc1ccc(NC(=O)C2(C(=O)Nc3ccc(Oc4ccnc(-c5cnn(C)c5)c4)cc3F)CC2)cc1. The van der Waals surface area contributed by atoms with Crippen LogP contribution in [0.15, 0.2) is 73.2 Å². The predicted octanol–water partition coefficient (Wildman–Crippen LogP) is 5.08. The minimum atomic E-state index is -1.20. The lowest BCUT2D eigenvalue weighted by molar-refractivity contribution is -0.131. The third-order valence-corrected chi connectivity index (χ3v) is 6.09. The summed E-state index contributed by atoms with van der Waals surface area (Å²) in [5.74, 6) is -0.866. The van der Waals surface area contributed by atoms with E-state index in [1.807, 2.05) is 32.3 Å². The molecular formula is C27H24FN5O3. The Morgan fingerprint density at radius 1 is 1.00 bits per heavy atom. The third kappa shape index (κ3) is 4.81. The van der Waals surface area contributed by atoms with Crippen LogP contribution >= 0.6 is 0 Å². The van der Waals surface area contributed by atoms with E-state index in [0.29, 0.717) is 30.0 Å². The van der Waals surface area contributed by atoms with E-state index in [1.54, 1.807) is 47.4 Å². The standard InChI is InChI=1S/C27H24FN5O3/c1-17-3-5-19(6-4-17)31-25(34)27(10-11-27)26(35)32-23-8-7-20(13-22(23)28)36-21-9-12-29-24(14-21)18-15-30-33(2)16-18/h3-9,12-16H,10-11H2,1-2H3,(H,31,34)(H,32,35). The first kappa shape index (κ1) is 23.2. The molecular weight excluding hydrogens is 461 g/mol. The second-order valence-electron chi connectivity index (χ2n) is 8.88. The van der Waals surface area contributed by atoms with Crippen molar-refractivity contribution in [1.29, 1.82) is 0 Å². The molecule has 0 spiro atoms. The average molecular weight is 486 g/mol. The normalized spacial score (nSPS) is 13.6. The quantitative estimate of drug-likeness (QED) is 0.356. The van der Waals surface area contributed by atoms with E-state index in [1.165, 1.54) is 12.1 Å². The molecule has 9 heteroatoms. The summed E-state index contributed by atoms with van der Waals surface area (Å²) in [5, 5.41) is 9.48. The summed E-state index contributed by atoms with van der Waals surface area (Å²) in [4.78, 5) is 30.0. The first-order valence-corrected chi connectivity index (χ1v) is 11.4. The maximum Gasteiger partial charge on any atom is 0.240 e. The lowest BCUT2D eigenvalue weighted by Gasteiger charge is -2.16. The van der Waals surface area contributed by atoms with Crippen LogP contribution in [0.1, 0.15) is 18.4 Å². The Morgan fingerprint density at radius 2 is 1.72 bits per heavy atom. The number of benzene rings is 2. The van der Waals surface area contributed by atoms with Crippen molar-refractivity contribution in [1.82, 2.24) is 14.8 Å². The number of halogens is 1. The molecule has 0 atom stereocenters. The second kappa shape index (κ2) is 9.26. The van der Waals surface area contributed by atoms with Crippen molar-refractivity contribution >= 4 is 23.2 Å². The van der Waals surface area contributed by atoms with Gasteiger partial charge >= 0.3 is 0 Å². The summed E-state index contributed by atoms with van der Waals surface area (Å²) >= 11 is 0. The molecule has 36 heavy (non-hydrogen) atoms. The van der Waals surface area contributed by atoms with Gasteiger partial charge in [0.15, 0.2) is 0 Å². The number of hydrogen-bond donors (Lipinski definition) is 2. The van der Waals surface area contributed by atoms with Gasteiger partial charge in [-0.1, -0.05) is 17.7 Å². The van der Waals surface area contributed by atoms with Crippen molar-refractivity contribution in [3.05, 3.63) is 84.6 Å². The molecule has 1 saturated carbocycles. The molecule has 1 fully saturated rings. The fourth-order valence-electron chi connectivity index (χ4n) is 3.79. The molecule has 2 heterocycles. The first-order chi connectivity index (χ1) is 17.3. The van der Waals surface area contributed by atoms with Gasteiger partial charge in [-0.05, 0) is 50.1 Å². The van der Waals surface area contributed by atoms with Crippen LogP contribution in [0.3, 0.4) is 0 Å². The molecule has 0 radical (unpaired) electrons. The molecule has 2 amide bonds. The van der Waals surface area contributed by atoms with E-state index in [9.17, 15) is 14.0 Å². The van der Waals surface area contributed by atoms with Crippen molar-refractivity contribution in [3.63, 3.8) is 0 Å². The molecule has 182 valence electrons. The fraction of sp³-hybridized carbons (Fsp3) is 0.185. The molecule has 1 aliphatic rings. The molecule has 8 nitrogen and oxygen atoms in total. The smallest absolute Gasteiger partial charge is 0.240 e. The average Bonchev–Trinajstić information content (AvgIpc) is 3.57. The highest BCUT2D eigenvalue weighted by Gasteiger charge is 2.56. The summed E-state index contributed by atoms with van der Waals surface area (Å²) in [6.45, 7) is 1.95. The number of ether oxygens (including phenoxy) is 1. The van der Waals surface area contributed by atoms with Crippen molar-refractivity contribution in [2.75, 3.05) is 10.6 Å². The topological polar surface area (TPSA) is 98.1 Å². The Morgan fingerprint density at radius 3 is 2.39 bits per heavy atom. The number of nitrogens with one attached hydrogen (secondary N) is 2. The Balaban J connectivity index is 1.25. The van der Waals surface area contributed by atoms with Gasteiger partial charge in [0.2, 0.25) is 11.8 Å². The fourth-order valence-corrected chi connectivity index (χ4v) is 3.79. The number of carbonyl (C=O) groups is 2. The number of pyridine rings is 1. The molecule has 2 N–H and O–H groups in total. The van der Waals surface area contributed by atoms with Crippen molar-refractivity contribution in [2.45, 2.75) is 19.8 Å². The zero-order chi connectivity index (χ0) is 25.3. The van der Waals surface area contributed by atoms with E-state index in [-0.39, 0.29) is 11.4 Å². The molecule has 5 rings (SSSR count). The maximum absolute atomic E-state index is 14.8. The Labute approximate surface area is 207 Å². The van der Waals surface area contributed by atoms with Gasteiger partial charge in [-0.15, -0.1) is 0 Å². The Hall–Kier alpha value is -4.53. The predicted molar refractivity (Wildman–Crippen MR) is 133 cm³/mol. The zero-order valence-electron chi connectivity index (χ0n) is 19.8. The number of hydrogen-bond acceptors (Lipinski definition) is 5. The van der Waals surface area contributed by atoms with Gasteiger partial charge in [0.05, 0.1) is 17.6 Å². The lowest BCUT2D eigenvalue weighted by atomic mass is 10.0. The highest BCUT2D eigenvalue weighted by atomic mass is 19.1. The number of nitrogens with zero attached hydrogens (tertiary/aromatic N) is 3. The monoisotopic (exact) mass is 485 g/mol. The number of aromatic nitrogens is 3. The van der Waals surface area contributed by atoms with Crippen LogP contribution in [0.2, 0.25) is 0 Å². The van der Waals surface area contributed by atoms with Crippen LogP contribution < -0.4 is 15.4 Å². The number of anilines is 2. The van der Waals surface area contributed by atoms with E-state index in [0.717, 1.165) is 11.1 Å². The second-order valence-corrected chi connectivity index (χ2v) is 8.88. The molecule has 1 aliphatic carbocycles. The third-order valence-electron chi connectivity index (χ3n) is 6.09. The summed E-state index contributed by atoms with van der Waals surface area (Å²) in [7, 11) is 1.81. The Kier molecular flexibility index (Phi) is 5.97. The molecule has 4 aromatic rings. The minimum absolute atomic E-state index is 0.0208. The molecule has 0 saturated heterocycles. The van der Waals surface area contributed by atoms with Crippen LogP contribution in [-0.2, 0) is 16.6 Å². The van der Waals surface area contributed by atoms with Gasteiger partial charge < -0.3 is 15.4 Å². The highest BCUT2D eigenvalue weighted by Crippen LogP contribution is 2.47. The largest absolute Gasteiger partial charge is 0.457 e. The van der Waals surface area contributed by atoms with Crippen molar-refractivity contribution in [2.24, 2.45) is 12.5 Å². The lowest BCUT2D eigenvalue weighted by Crippen LogP contribution is -2.35. The van der Waals surface area contributed by atoms with Crippen LogP contribution in [0, 0.1) is 18.2 Å². The van der Waals surface area contributed by atoms with Crippen LogP contribution in [0.25, 0.3) is 11.3 Å². The minimum Gasteiger partial charge on any atom is -0.457 e. The van der Waals surface area contributed by atoms with E-state index in [2.05, 4.69) is 20.7 Å². The first-order valence-electron chi connectivity index (χ1n) is 11.4. The van der Waals surface area contributed by atoms with Crippen LogP contribution in [0.4, 0.5) is 15.8 Å². The summed E-state index contributed by atoms with van der Waals surface area (Å²) in [6.07, 6.45) is 5.93. The van der Waals surface area contributed by atoms with E-state index < -0.39 is 23.0 Å². The maximum atomic E-state index is 14.8. The van der Waals surface area contributed by atoms with Gasteiger partial charge in [-0.25, -0.2) is 4.39 Å². The Bertz CT molecular complexity index is 1440. The zero-order valence-corrected chi connectivity index (χ0v) is 19.8. The summed E-state index contributed by atoms with van der Waals surface area (Å²) in [6, 6.07) is 14.9. The molecule has 2 aromatic heterocycles. The number of rotatable bonds is 7. The summed E-state index contributed by atoms with van der Waals surface area (Å²) in [5.41, 5.74) is 1.95. The molecule has 0 bridgehead atoms. The van der Waals surface area contributed by atoms with E-state index >= 15 is 0 Å². The van der Waals surface area contributed by atoms with Crippen LogP contribution in [-0.4, -0.2) is 26.6 Å². The highest BCUT2D eigenvalue weighted by molar-refractivity contribution is 6.16. The van der Waals surface area contributed by atoms with Crippen molar-refractivity contribution < 1.29 is 18.7 Å². The molecule has 2 aromatic carbocycles. The van der Waals surface area contributed by atoms with Gasteiger partial charge in [0.1, 0.15) is 22.7 Å². The van der Waals surface area contributed by atoms with Crippen molar-refractivity contribution in [3.8, 4) is 22.8 Å². The molecule has 0 unspecified atom stereocenters. The van der Waals surface area contributed by atoms with Gasteiger partial charge in [-0.2, -0.15) is 5.10 Å². The van der Waals surface area contributed by atoms with Gasteiger partial charge in [-0.3, -0.25) is 19.3 Å². The summed E-state index contributed by atoms with van der Waals surface area (Å²) < 4.78 is 22.3. The number of aryl methyl sites for hydroxylation is 2. The van der Waals surface area contributed by atoms with Gasteiger partial charge in [0, 0.05) is 42.8 Å².